The minimum Gasteiger partial charge on any atom is -0.460 e. The lowest BCUT2D eigenvalue weighted by Crippen LogP contribution is -3.12. The highest BCUT2D eigenvalue weighted by Crippen LogP contribution is 2.13. The number of anilines is 2. The van der Waals surface area contributed by atoms with Crippen molar-refractivity contribution in [3.63, 3.8) is 0 Å². The molecule has 2 amide bonds. The Morgan fingerprint density at radius 1 is 1.08 bits per heavy atom. The average Bonchev–Trinajstić information content (AvgIpc) is 2.93. The van der Waals surface area contributed by atoms with Crippen LogP contribution in [0, 0.1) is 6.92 Å². The Bertz CT molecular complexity index is 707. The van der Waals surface area contributed by atoms with Gasteiger partial charge in [-0.2, -0.15) is 0 Å². The first-order valence-corrected chi connectivity index (χ1v) is 7.91. The smallest absolute Gasteiger partial charge is 0.282 e. The zero-order valence-corrected chi connectivity index (χ0v) is 14.5. The van der Waals surface area contributed by atoms with Crippen LogP contribution in [-0.4, -0.2) is 24.9 Å². The summed E-state index contributed by atoms with van der Waals surface area (Å²) in [6, 6.07) is 10.7. The normalized spacial score (nSPS) is 13.2. The van der Waals surface area contributed by atoms with Gasteiger partial charge in [0.2, 0.25) is 5.91 Å². The van der Waals surface area contributed by atoms with E-state index in [0.717, 1.165) is 16.4 Å². The number of quaternary nitrogens is 1. The maximum Gasteiger partial charge on any atom is 0.282 e. The second kappa shape index (κ2) is 7.79. The van der Waals surface area contributed by atoms with E-state index in [1.165, 1.54) is 6.92 Å². The molecule has 0 spiro atoms. The zero-order valence-electron chi connectivity index (χ0n) is 14.5. The maximum absolute atomic E-state index is 12.4. The molecule has 0 saturated carbocycles. The summed E-state index contributed by atoms with van der Waals surface area (Å²) in [5.41, 5.74) is 1.40. The van der Waals surface area contributed by atoms with Gasteiger partial charge in [-0.05, 0) is 50.2 Å². The molecule has 1 aromatic heterocycles. The molecule has 0 saturated heterocycles. The molecule has 0 aliphatic heterocycles. The van der Waals surface area contributed by atoms with E-state index in [2.05, 4.69) is 10.6 Å². The number of hydrogen-bond donors (Lipinski definition) is 3. The van der Waals surface area contributed by atoms with Gasteiger partial charge in [-0.1, -0.05) is 0 Å². The average molecular weight is 330 g/mol. The minimum absolute atomic E-state index is 0.0666. The van der Waals surface area contributed by atoms with Crippen LogP contribution < -0.4 is 15.5 Å². The van der Waals surface area contributed by atoms with E-state index in [4.69, 9.17) is 4.42 Å². The Morgan fingerprint density at radius 2 is 1.67 bits per heavy atom. The molecule has 6 heteroatoms. The lowest BCUT2D eigenvalue weighted by atomic mass is 10.2. The summed E-state index contributed by atoms with van der Waals surface area (Å²) in [5, 5.41) is 5.58. The van der Waals surface area contributed by atoms with Gasteiger partial charge in [-0.3, -0.25) is 9.59 Å². The third-order valence-corrected chi connectivity index (χ3v) is 3.85. The number of aryl methyl sites for hydroxylation is 1. The third kappa shape index (κ3) is 4.96. The van der Waals surface area contributed by atoms with Crippen molar-refractivity contribution in [2.24, 2.45) is 0 Å². The van der Waals surface area contributed by atoms with Crippen molar-refractivity contribution in [2.75, 3.05) is 17.7 Å². The lowest BCUT2D eigenvalue weighted by Gasteiger charge is -2.20. The second-order valence-electron chi connectivity index (χ2n) is 6.00. The van der Waals surface area contributed by atoms with Gasteiger partial charge in [-0.15, -0.1) is 0 Å². The van der Waals surface area contributed by atoms with Crippen LogP contribution in [0.2, 0.25) is 0 Å². The highest BCUT2D eigenvalue weighted by molar-refractivity contribution is 5.94. The molecule has 6 nitrogen and oxygen atoms in total. The quantitative estimate of drug-likeness (QED) is 0.753. The molecule has 1 aromatic carbocycles. The molecule has 1 heterocycles. The van der Waals surface area contributed by atoms with Crippen molar-refractivity contribution in [1.82, 2.24) is 0 Å². The number of likely N-dealkylation sites (N-methyl/N-ethyl adjacent to an activating group) is 1. The monoisotopic (exact) mass is 330 g/mol. The van der Waals surface area contributed by atoms with Crippen LogP contribution in [-0.2, 0) is 16.1 Å². The standard InChI is InChI=1S/C18H23N3O3/c1-12-5-10-17(24-12)11-21(4)13(2)18(23)20-16-8-6-15(7-9-16)19-14(3)22/h5-10,13H,11H2,1-4H3,(H,19,22)(H,20,23)/p+1/t13-/m0/s1. The third-order valence-electron chi connectivity index (χ3n) is 3.85. The number of carbonyl (C=O) groups excluding carboxylic acids is 2. The molecule has 0 aliphatic rings. The van der Waals surface area contributed by atoms with Crippen molar-refractivity contribution >= 4 is 23.2 Å². The lowest BCUT2D eigenvalue weighted by molar-refractivity contribution is -0.908. The van der Waals surface area contributed by atoms with Crippen LogP contribution in [0.3, 0.4) is 0 Å². The van der Waals surface area contributed by atoms with Crippen LogP contribution in [0.1, 0.15) is 25.4 Å². The fourth-order valence-electron chi connectivity index (χ4n) is 2.32. The Balaban J connectivity index is 1.91. The number of carbonyl (C=O) groups is 2. The van der Waals surface area contributed by atoms with Gasteiger partial charge in [0.15, 0.2) is 11.8 Å². The molecule has 0 fully saturated rings. The molecule has 2 atom stereocenters. The van der Waals surface area contributed by atoms with E-state index < -0.39 is 0 Å². The summed E-state index contributed by atoms with van der Waals surface area (Å²) in [5.74, 6) is 1.54. The van der Waals surface area contributed by atoms with Crippen molar-refractivity contribution in [3.05, 3.63) is 47.9 Å². The Morgan fingerprint density at radius 3 is 2.17 bits per heavy atom. The first-order chi connectivity index (χ1) is 11.3. The zero-order chi connectivity index (χ0) is 17.7. The first kappa shape index (κ1) is 17.7. The summed E-state index contributed by atoms with van der Waals surface area (Å²) in [6.45, 7) is 5.88. The molecule has 2 aromatic rings. The van der Waals surface area contributed by atoms with Gasteiger partial charge >= 0.3 is 0 Å². The molecule has 128 valence electrons. The highest BCUT2D eigenvalue weighted by Gasteiger charge is 2.23. The molecule has 24 heavy (non-hydrogen) atoms. The molecule has 0 aliphatic carbocycles. The fourth-order valence-corrected chi connectivity index (χ4v) is 2.32. The number of furan rings is 1. The molecule has 0 bridgehead atoms. The van der Waals surface area contributed by atoms with E-state index in [-0.39, 0.29) is 17.9 Å². The van der Waals surface area contributed by atoms with Crippen LogP contribution in [0.15, 0.2) is 40.8 Å². The number of hydrogen-bond acceptors (Lipinski definition) is 3. The summed E-state index contributed by atoms with van der Waals surface area (Å²) < 4.78 is 5.56. The summed E-state index contributed by atoms with van der Waals surface area (Å²) in [7, 11) is 1.96. The summed E-state index contributed by atoms with van der Waals surface area (Å²) in [6.07, 6.45) is 0. The number of benzene rings is 1. The van der Waals surface area contributed by atoms with Crippen LogP contribution >= 0.6 is 0 Å². The van der Waals surface area contributed by atoms with Gasteiger partial charge in [0.1, 0.15) is 12.3 Å². The van der Waals surface area contributed by atoms with E-state index in [0.29, 0.717) is 17.9 Å². The predicted molar refractivity (Wildman–Crippen MR) is 92.9 cm³/mol. The topological polar surface area (TPSA) is 75.8 Å². The van der Waals surface area contributed by atoms with Crippen molar-refractivity contribution in [1.29, 1.82) is 0 Å². The van der Waals surface area contributed by atoms with E-state index in [1.807, 2.05) is 33.0 Å². The van der Waals surface area contributed by atoms with Gasteiger partial charge in [0.25, 0.3) is 5.91 Å². The van der Waals surface area contributed by atoms with Crippen molar-refractivity contribution in [2.45, 2.75) is 33.4 Å². The minimum atomic E-state index is -0.231. The van der Waals surface area contributed by atoms with E-state index >= 15 is 0 Å². The van der Waals surface area contributed by atoms with Gasteiger partial charge in [0, 0.05) is 18.3 Å². The van der Waals surface area contributed by atoms with Gasteiger partial charge in [-0.25, -0.2) is 0 Å². The molecule has 0 radical (unpaired) electrons. The van der Waals surface area contributed by atoms with Crippen LogP contribution in [0.4, 0.5) is 11.4 Å². The fraction of sp³-hybridized carbons (Fsp3) is 0.333. The first-order valence-electron chi connectivity index (χ1n) is 7.91. The van der Waals surface area contributed by atoms with Crippen LogP contribution in [0.25, 0.3) is 0 Å². The molecular weight excluding hydrogens is 306 g/mol. The van der Waals surface area contributed by atoms with Gasteiger partial charge < -0.3 is 20.0 Å². The molecule has 2 rings (SSSR count). The largest absolute Gasteiger partial charge is 0.460 e. The van der Waals surface area contributed by atoms with E-state index in [9.17, 15) is 9.59 Å². The number of rotatable bonds is 6. The Kier molecular flexibility index (Phi) is 5.76. The number of nitrogens with one attached hydrogen (secondary N) is 3. The summed E-state index contributed by atoms with van der Waals surface area (Å²) in [4.78, 5) is 24.4. The second-order valence-corrected chi connectivity index (χ2v) is 6.00. The van der Waals surface area contributed by atoms with Gasteiger partial charge in [0.05, 0.1) is 7.05 Å². The van der Waals surface area contributed by atoms with Crippen molar-refractivity contribution < 1.29 is 18.9 Å². The van der Waals surface area contributed by atoms with Crippen LogP contribution in [0.5, 0.6) is 0 Å². The number of amides is 2. The summed E-state index contributed by atoms with van der Waals surface area (Å²) >= 11 is 0. The Hall–Kier alpha value is -2.60. The maximum atomic E-state index is 12.4. The molecule has 1 unspecified atom stereocenters. The van der Waals surface area contributed by atoms with Crippen molar-refractivity contribution in [3.8, 4) is 0 Å². The molecular formula is C18H24N3O3+. The molecule has 3 N–H and O–H groups in total. The SMILES string of the molecule is CC(=O)Nc1ccc(NC(=O)[C@H](C)[NH+](C)Cc2ccc(C)o2)cc1. The Labute approximate surface area is 141 Å². The highest BCUT2D eigenvalue weighted by atomic mass is 16.3. The van der Waals surface area contributed by atoms with E-state index in [1.54, 1.807) is 24.3 Å². The predicted octanol–water partition coefficient (Wildman–Crippen LogP) is 1.59.